The van der Waals surface area contributed by atoms with Crippen LogP contribution in [0.3, 0.4) is 0 Å². The number of amides is 1. The summed E-state index contributed by atoms with van der Waals surface area (Å²) in [5.74, 6) is 2.12. The van der Waals surface area contributed by atoms with Gasteiger partial charge >= 0.3 is 0 Å². The molecule has 30 heavy (non-hydrogen) atoms. The van der Waals surface area contributed by atoms with Gasteiger partial charge in [0.05, 0.1) is 18.1 Å². The van der Waals surface area contributed by atoms with Gasteiger partial charge in [-0.15, -0.1) is 10.2 Å². The molecule has 0 aliphatic carbocycles. The predicted octanol–water partition coefficient (Wildman–Crippen LogP) is 4.39. The molecule has 0 aliphatic rings. The minimum atomic E-state index is -0.370. The summed E-state index contributed by atoms with van der Waals surface area (Å²) in [5, 5.41) is 15.6. The first kappa shape index (κ1) is 20.0. The van der Waals surface area contributed by atoms with Crippen molar-refractivity contribution < 1.29 is 13.7 Å². The van der Waals surface area contributed by atoms with E-state index in [0.29, 0.717) is 41.3 Å². The number of aromatic nitrogens is 4. The van der Waals surface area contributed by atoms with Gasteiger partial charge in [-0.2, -0.15) is 0 Å². The van der Waals surface area contributed by atoms with Crippen molar-refractivity contribution in [3.63, 3.8) is 0 Å². The summed E-state index contributed by atoms with van der Waals surface area (Å²) in [5.41, 5.74) is 1.10. The number of thioether (sulfide) groups is 1. The number of benzene rings is 1. The van der Waals surface area contributed by atoms with E-state index in [0.717, 1.165) is 5.56 Å². The van der Waals surface area contributed by atoms with Gasteiger partial charge in [0.25, 0.3) is 0 Å². The third-order valence-corrected chi connectivity index (χ3v) is 5.78. The quantitative estimate of drug-likeness (QED) is 0.420. The molecule has 154 valence electrons. The van der Waals surface area contributed by atoms with Crippen molar-refractivity contribution in [1.82, 2.24) is 19.9 Å². The molecule has 1 N–H and O–H groups in total. The van der Waals surface area contributed by atoms with Crippen molar-refractivity contribution in [1.29, 1.82) is 0 Å². The number of anilines is 1. The van der Waals surface area contributed by atoms with Crippen molar-refractivity contribution in [3.8, 4) is 11.6 Å². The van der Waals surface area contributed by atoms with Crippen LogP contribution in [-0.4, -0.2) is 31.1 Å². The van der Waals surface area contributed by atoms with Crippen LogP contribution in [0.25, 0.3) is 11.6 Å². The maximum atomic E-state index is 12.8. The molecule has 3 aromatic heterocycles. The Morgan fingerprint density at radius 1 is 1.20 bits per heavy atom. The topological polar surface area (TPSA) is 99.0 Å². The van der Waals surface area contributed by atoms with Crippen LogP contribution < -0.4 is 5.32 Å². The molecule has 8 nitrogen and oxygen atoms in total. The maximum absolute atomic E-state index is 12.8. The summed E-state index contributed by atoms with van der Waals surface area (Å²) >= 11 is 1.36. The highest BCUT2D eigenvalue weighted by Gasteiger charge is 2.24. The lowest BCUT2D eigenvalue weighted by Gasteiger charge is -2.14. The second kappa shape index (κ2) is 9.00. The molecule has 0 fully saturated rings. The summed E-state index contributed by atoms with van der Waals surface area (Å²) in [6, 6.07) is 15.4. The lowest BCUT2D eigenvalue weighted by atomic mass is 10.2. The number of carbonyl (C=O) groups is 1. The zero-order chi connectivity index (χ0) is 20.9. The molecule has 4 aromatic rings. The molecule has 3 heterocycles. The minimum Gasteiger partial charge on any atom is -0.461 e. The Bertz CT molecular complexity index is 1110. The lowest BCUT2D eigenvalue weighted by molar-refractivity contribution is -0.115. The highest BCUT2D eigenvalue weighted by Crippen LogP contribution is 2.30. The van der Waals surface area contributed by atoms with Gasteiger partial charge < -0.3 is 14.3 Å². The third kappa shape index (κ3) is 4.46. The van der Waals surface area contributed by atoms with E-state index in [1.807, 2.05) is 54.0 Å². The molecule has 0 radical (unpaired) electrons. The van der Waals surface area contributed by atoms with Crippen LogP contribution in [0.1, 0.15) is 24.7 Å². The molecule has 9 heteroatoms. The summed E-state index contributed by atoms with van der Waals surface area (Å²) in [6.07, 6.45) is 2.22. The molecule has 1 atom stereocenters. The fourth-order valence-electron chi connectivity index (χ4n) is 2.95. The molecule has 0 bridgehead atoms. The van der Waals surface area contributed by atoms with Crippen LogP contribution in [-0.2, 0) is 11.3 Å². The maximum Gasteiger partial charge on any atom is 0.239 e. The van der Waals surface area contributed by atoms with Crippen LogP contribution in [0.15, 0.2) is 68.9 Å². The Hall–Kier alpha value is -3.33. The Kier molecular flexibility index (Phi) is 5.99. The molecular weight excluding hydrogens is 402 g/mol. The average Bonchev–Trinajstić information content (AvgIpc) is 3.49. The van der Waals surface area contributed by atoms with Gasteiger partial charge in [-0.05, 0) is 31.0 Å². The molecule has 1 unspecified atom stereocenters. The Morgan fingerprint density at radius 2 is 2.03 bits per heavy atom. The summed E-state index contributed by atoms with van der Waals surface area (Å²) in [6.45, 7) is 4.29. The van der Waals surface area contributed by atoms with Gasteiger partial charge in [0.2, 0.25) is 11.7 Å². The van der Waals surface area contributed by atoms with Crippen molar-refractivity contribution in [3.05, 3.63) is 66.1 Å². The van der Waals surface area contributed by atoms with E-state index in [2.05, 4.69) is 20.7 Å². The zero-order valence-electron chi connectivity index (χ0n) is 16.6. The van der Waals surface area contributed by atoms with Crippen molar-refractivity contribution in [2.45, 2.75) is 37.2 Å². The highest BCUT2D eigenvalue weighted by molar-refractivity contribution is 8.00. The largest absolute Gasteiger partial charge is 0.461 e. The fourth-order valence-corrected chi connectivity index (χ4v) is 3.91. The average molecular weight is 423 g/mol. The van der Waals surface area contributed by atoms with E-state index in [4.69, 9.17) is 8.94 Å². The van der Waals surface area contributed by atoms with E-state index in [1.54, 1.807) is 19.3 Å². The smallest absolute Gasteiger partial charge is 0.239 e. The monoisotopic (exact) mass is 423 g/mol. The van der Waals surface area contributed by atoms with E-state index in [1.165, 1.54) is 11.8 Å². The Balaban J connectivity index is 1.59. The van der Waals surface area contributed by atoms with Gasteiger partial charge in [-0.1, -0.05) is 54.2 Å². The summed E-state index contributed by atoms with van der Waals surface area (Å²) in [4.78, 5) is 12.8. The SMILES string of the molecule is CCC(Sc1nnc(-c2ccco2)n1Cc1ccccc1)C(=O)Nc1cc(C)on1. The number of carbonyl (C=O) groups excluding carboxylic acids is 1. The van der Waals surface area contributed by atoms with Gasteiger partial charge in [0.15, 0.2) is 16.7 Å². The normalized spacial score (nSPS) is 12.1. The third-order valence-electron chi connectivity index (χ3n) is 4.43. The molecule has 0 aliphatic heterocycles. The van der Waals surface area contributed by atoms with Crippen LogP contribution in [0.4, 0.5) is 5.82 Å². The van der Waals surface area contributed by atoms with Gasteiger partial charge in [0.1, 0.15) is 5.76 Å². The first-order valence-corrected chi connectivity index (χ1v) is 10.4. The molecule has 1 aromatic carbocycles. The summed E-state index contributed by atoms with van der Waals surface area (Å²) < 4.78 is 12.5. The number of hydrogen-bond acceptors (Lipinski definition) is 7. The molecule has 0 saturated carbocycles. The minimum absolute atomic E-state index is 0.162. The van der Waals surface area contributed by atoms with E-state index in [-0.39, 0.29) is 11.2 Å². The highest BCUT2D eigenvalue weighted by atomic mass is 32.2. The first-order chi connectivity index (χ1) is 14.6. The number of aryl methyl sites for hydroxylation is 1. The lowest BCUT2D eigenvalue weighted by Crippen LogP contribution is -2.25. The standard InChI is InChI=1S/C21H21N5O3S/c1-3-17(20(27)22-18-12-14(2)29-25-18)30-21-24-23-19(16-10-7-11-28-16)26(21)13-15-8-5-4-6-9-15/h4-12,17H,3,13H2,1-2H3,(H,22,25,27). The number of nitrogens with one attached hydrogen (secondary N) is 1. The zero-order valence-corrected chi connectivity index (χ0v) is 17.4. The van der Waals surface area contributed by atoms with Gasteiger partial charge in [-0.25, -0.2) is 0 Å². The molecule has 0 saturated heterocycles. The number of nitrogens with zero attached hydrogens (tertiary/aromatic N) is 4. The van der Waals surface area contributed by atoms with Crippen molar-refractivity contribution in [2.75, 3.05) is 5.32 Å². The molecule has 1 amide bonds. The van der Waals surface area contributed by atoms with Crippen LogP contribution in [0.2, 0.25) is 0 Å². The Labute approximate surface area is 177 Å². The van der Waals surface area contributed by atoms with E-state index < -0.39 is 0 Å². The fraction of sp³-hybridized carbons (Fsp3) is 0.238. The van der Waals surface area contributed by atoms with E-state index >= 15 is 0 Å². The van der Waals surface area contributed by atoms with Crippen LogP contribution >= 0.6 is 11.8 Å². The van der Waals surface area contributed by atoms with Gasteiger partial charge in [-0.3, -0.25) is 9.36 Å². The van der Waals surface area contributed by atoms with Crippen molar-refractivity contribution in [2.24, 2.45) is 0 Å². The molecule has 4 rings (SSSR count). The van der Waals surface area contributed by atoms with E-state index in [9.17, 15) is 4.79 Å². The first-order valence-electron chi connectivity index (χ1n) is 9.56. The number of rotatable bonds is 8. The Morgan fingerprint density at radius 3 is 2.70 bits per heavy atom. The number of furan rings is 1. The summed E-state index contributed by atoms with van der Waals surface area (Å²) in [7, 11) is 0. The molecule has 0 spiro atoms. The van der Waals surface area contributed by atoms with Crippen LogP contribution in [0.5, 0.6) is 0 Å². The molecular formula is C21H21N5O3S. The second-order valence-electron chi connectivity index (χ2n) is 6.68. The number of hydrogen-bond donors (Lipinski definition) is 1. The predicted molar refractivity (Wildman–Crippen MR) is 113 cm³/mol. The van der Waals surface area contributed by atoms with Gasteiger partial charge in [0, 0.05) is 6.07 Å². The van der Waals surface area contributed by atoms with Crippen LogP contribution in [0, 0.1) is 6.92 Å². The second-order valence-corrected chi connectivity index (χ2v) is 7.85. The van der Waals surface area contributed by atoms with Crippen molar-refractivity contribution >= 4 is 23.5 Å².